The molecule has 1 amide bonds. The third-order valence-corrected chi connectivity index (χ3v) is 5.61. The van der Waals surface area contributed by atoms with E-state index >= 15 is 0 Å². The molecule has 4 aromatic rings. The van der Waals surface area contributed by atoms with Gasteiger partial charge in [0.25, 0.3) is 0 Å². The topological polar surface area (TPSA) is 46.8 Å². The number of carbonyl (C=O) groups is 1. The molecular formula is C25H23N3O2. The standard InChI is InChI=1S/C25H23N3O2/c29-25(30-18-19-9-3-1-4-10-19)27-16-8-14-23(27)21-17-28-22(13-7-15-24(28)26-21)20-11-5-2-6-12-20/h1-7,9-13,15,17,23H,8,14,16,18H2/t23-/m0/s1. The van der Waals surface area contributed by atoms with Crippen molar-refractivity contribution in [2.45, 2.75) is 25.5 Å². The maximum atomic E-state index is 12.8. The molecule has 0 bridgehead atoms. The van der Waals surface area contributed by atoms with Crippen LogP contribution in [0.4, 0.5) is 4.79 Å². The van der Waals surface area contributed by atoms with Crippen molar-refractivity contribution >= 4 is 11.7 Å². The number of fused-ring (bicyclic) bond motifs is 1. The van der Waals surface area contributed by atoms with Gasteiger partial charge in [0.05, 0.1) is 17.4 Å². The summed E-state index contributed by atoms with van der Waals surface area (Å²) in [5.41, 5.74) is 5.01. The molecule has 0 radical (unpaired) electrons. The number of pyridine rings is 1. The highest BCUT2D eigenvalue weighted by atomic mass is 16.6. The number of nitrogens with zero attached hydrogens (tertiary/aromatic N) is 3. The molecule has 5 nitrogen and oxygen atoms in total. The third kappa shape index (κ3) is 3.54. The zero-order valence-electron chi connectivity index (χ0n) is 16.6. The van der Waals surface area contributed by atoms with Gasteiger partial charge in [-0.3, -0.25) is 9.30 Å². The Kier molecular flexibility index (Phi) is 4.93. The summed E-state index contributed by atoms with van der Waals surface area (Å²) in [6.45, 7) is 0.976. The highest BCUT2D eigenvalue weighted by molar-refractivity contribution is 5.69. The van der Waals surface area contributed by atoms with Gasteiger partial charge in [-0.2, -0.15) is 0 Å². The zero-order chi connectivity index (χ0) is 20.3. The summed E-state index contributed by atoms with van der Waals surface area (Å²) >= 11 is 0. The van der Waals surface area contributed by atoms with Crippen LogP contribution in [0, 0.1) is 0 Å². The van der Waals surface area contributed by atoms with Gasteiger partial charge >= 0.3 is 6.09 Å². The molecule has 1 atom stereocenters. The number of amides is 1. The largest absolute Gasteiger partial charge is 0.445 e. The van der Waals surface area contributed by atoms with Gasteiger partial charge in [0.15, 0.2) is 0 Å². The quantitative estimate of drug-likeness (QED) is 0.458. The van der Waals surface area contributed by atoms with Crippen molar-refractivity contribution in [3.05, 3.63) is 96.3 Å². The normalized spacial score (nSPS) is 16.1. The number of benzene rings is 2. The van der Waals surface area contributed by atoms with Gasteiger partial charge in [0.1, 0.15) is 12.3 Å². The zero-order valence-corrected chi connectivity index (χ0v) is 16.6. The Morgan fingerprint density at radius 1 is 0.967 bits per heavy atom. The molecule has 1 aliphatic rings. The summed E-state index contributed by atoms with van der Waals surface area (Å²) in [6, 6.07) is 26.1. The van der Waals surface area contributed by atoms with Gasteiger partial charge in [-0.15, -0.1) is 0 Å². The van der Waals surface area contributed by atoms with E-state index in [0.717, 1.165) is 41.0 Å². The average Bonchev–Trinajstić information content (AvgIpc) is 3.45. The summed E-state index contributed by atoms with van der Waals surface area (Å²) < 4.78 is 7.69. The molecular weight excluding hydrogens is 374 g/mol. The Balaban J connectivity index is 1.40. The van der Waals surface area contributed by atoms with E-state index in [1.54, 1.807) is 0 Å². The second-order valence-electron chi connectivity index (χ2n) is 7.56. The summed E-state index contributed by atoms with van der Waals surface area (Å²) in [7, 11) is 0. The fourth-order valence-electron chi connectivity index (χ4n) is 4.13. The van der Waals surface area contributed by atoms with Crippen molar-refractivity contribution < 1.29 is 9.53 Å². The summed E-state index contributed by atoms with van der Waals surface area (Å²) in [5, 5.41) is 0. The van der Waals surface area contributed by atoms with E-state index in [-0.39, 0.29) is 18.7 Å². The van der Waals surface area contributed by atoms with Gasteiger partial charge in [0.2, 0.25) is 0 Å². The number of carbonyl (C=O) groups excluding carboxylic acids is 1. The summed E-state index contributed by atoms with van der Waals surface area (Å²) in [6.07, 6.45) is 3.63. The van der Waals surface area contributed by atoms with Crippen LogP contribution in [-0.4, -0.2) is 26.9 Å². The SMILES string of the molecule is O=C(OCc1ccccc1)N1CCC[C@H]1c1cn2c(-c3ccccc3)cccc2n1. The maximum absolute atomic E-state index is 12.8. The molecule has 2 aromatic heterocycles. The number of ether oxygens (including phenoxy) is 1. The molecule has 1 fully saturated rings. The van der Waals surface area contributed by atoms with Crippen LogP contribution < -0.4 is 0 Å². The molecule has 0 unspecified atom stereocenters. The van der Waals surface area contributed by atoms with Crippen molar-refractivity contribution in [1.29, 1.82) is 0 Å². The van der Waals surface area contributed by atoms with Crippen LogP contribution in [0.3, 0.4) is 0 Å². The van der Waals surface area contributed by atoms with Crippen LogP contribution in [0.5, 0.6) is 0 Å². The summed E-state index contributed by atoms with van der Waals surface area (Å²) in [4.78, 5) is 19.4. The number of likely N-dealkylation sites (tertiary alicyclic amines) is 1. The van der Waals surface area contributed by atoms with Gasteiger partial charge in [-0.1, -0.05) is 66.7 Å². The van der Waals surface area contributed by atoms with Crippen molar-refractivity contribution in [3.8, 4) is 11.3 Å². The number of aromatic nitrogens is 2. The average molecular weight is 397 g/mol. The number of hydrogen-bond acceptors (Lipinski definition) is 3. The molecule has 150 valence electrons. The number of hydrogen-bond donors (Lipinski definition) is 0. The molecule has 5 heteroatoms. The van der Waals surface area contributed by atoms with Crippen LogP contribution >= 0.6 is 0 Å². The Bertz CT molecular complexity index is 1150. The lowest BCUT2D eigenvalue weighted by Crippen LogP contribution is -2.31. The van der Waals surface area contributed by atoms with Crippen molar-refractivity contribution in [3.63, 3.8) is 0 Å². The molecule has 3 heterocycles. The lowest BCUT2D eigenvalue weighted by molar-refractivity contribution is 0.0915. The fraction of sp³-hybridized carbons (Fsp3) is 0.200. The Morgan fingerprint density at radius 2 is 1.73 bits per heavy atom. The van der Waals surface area contributed by atoms with Crippen LogP contribution in [0.1, 0.15) is 30.1 Å². The molecule has 0 N–H and O–H groups in total. The van der Waals surface area contributed by atoms with E-state index in [1.807, 2.05) is 65.6 Å². The molecule has 0 spiro atoms. The van der Waals surface area contributed by atoms with Crippen molar-refractivity contribution in [2.24, 2.45) is 0 Å². The minimum Gasteiger partial charge on any atom is -0.445 e. The van der Waals surface area contributed by atoms with Crippen molar-refractivity contribution in [2.75, 3.05) is 6.54 Å². The Hall–Kier alpha value is -3.60. The van der Waals surface area contributed by atoms with Crippen molar-refractivity contribution in [1.82, 2.24) is 14.3 Å². The molecule has 0 aliphatic carbocycles. The van der Waals surface area contributed by atoms with E-state index in [1.165, 1.54) is 0 Å². The first-order valence-corrected chi connectivity index (χ1v) is 10.3. The minimum absolute atomic E-state index is 0.0585. The monoisotopic (exact) mass is 397 g/mol. The van der Waals surface area contributed by atoms with Gasteiger partial charge in [-0.25, -0.2) is 9.78 Å². The molecule has 2 aromatic carbocycles. The first kappa shape index (κ1) is 18.4. The van der Waals surface area contributed by atoms with E-state index in [0.29, 0.717) is 6.54 Å². The fourth-order valence-corrected chi connectivity index (χ4v) is 4.13. The second kappa shape index (κ2) is 8.03. The molecule has 5 rings (SSSR count). The molecule has 1 saturated heterocycles. The molecule has 30 heavy (non-hydrogen) atoms. The van der Waals surface area contributed by atoms with E-state index in [4.69, 9.17) is 9.72 Å². The lowest BCUT2D eigenvalue weighted by Gasteiger charge is -2.22. The van der Waals surface area contributed by atoms with Gasteiger partial charge in [-0.05, 0) is 36.1 Å². The van der Waals surface area contributed by atoms with Gasteiger partial charge < -0.3 is 4.74 Å². The number of rotatable bonds is 4. The van der Waals surface area contributed by atoms with Crippen LogP contribution in [0.25, 0.3) is 16.9 Å². The predicted octanol–water partition coefficient (Wildman–Crippen LogP) is 5.48. The highest BCUT2D eigenvalue weighted by Gasteiger charge is 2.33. The second-order valence-corrected chi connectivity index (χ2v) is 7.56. The smallest absolute Gasteiger partial charge is 0.410 e. The highest BCUT2D eigenvalue weighted by Crippen LogP contribution is 2.33. The third-order valence-electron chi connectivity index (χ3n) is 5.61. The first-order valence-electron chi connectivity index (χ1n) is 10.3. The first-order chi connectivity index (χ1) is 14.8. The maximum Gasteiger partial charge on any atom is 0.410 e. The minimum atomic E-state index is -0.276. The van der Waals surface area contributed by atoms with Gasteiger partial charge in [0, 0.05) is 12.7 Å². The summed E-state index contributed by atoms with van der Waals surface area (Å²) in [5.74, 6) is 0. The van der Waals surface area contributed by atoms with E-state index in [9.17, 15) is 4.79 Å². The number of imidazole rings is 1. The molecule has 0 saturated carbocycles. The molecule has 1 aliphatic heterocycles. The van der Waals surface area contributed by atoms with E-state index in [2.05, 4.69) is 28.8 Å². The van der Waals surface area contributed by atoms with Crippen LogP contribution in [0.15, 0.2) is 85.1 Å². The lowest BCUT2D eigenvalue weighted by atomic mass is 10.1. The van der Waals surface area contributed by atoms with Crippen LogP contribution in [0.2, 0.25) is 0 Å². The Labute approximate surface area is 175 Å². The Morgan fingerprint density at radius 3 is 2.53 bits per heavy atom. The van der Waals surface area contributed by atoms with E-state index < -0.39 is 0 Å². The predicted molar refractivity (Wildman–Crippen MR) is 116 cm³/mol. The van der Waals surface area contributed by atoms with Crippen LogP contribution in [-0.2, 0) is 11.3 Å².